The maximum Gasteiger partial charge on any atom is 0.175 e. The van der Waals surface area contributed by atoms with Crippen molar-refractivity contribution < 1.29 is 0 Å². The quantitative estimate of drug-likeness (QED) is 0.588. The molecule has 0 saturated heterocycles. The molecular weight excluding hydrogens is 375 g/mol. The van der Waals surface area contributed by atoms with Gasteiger partial charge in [0.15, 0.2) is 5.11 Å². The molecule has 0 amide bonds. The van der Waals surface area contributed by atoms with Crippen LogP contribution < -0.4 is 10.6 Å². The summed E-state index contributed by atoms with van der Waals surface area (Å²) < 4.78 is 1.86. The molecule has 0 atom stereocenters. The van der Waals surface area contributed by atoms with E-state index in [-0.39, 0.29) is 0 Å². The van der Waals surface area contributed by atoms with E-state index < -0.39 is 0 Å². The summed E-state index contributed by atoms with van der Waals surface area (Å²) in [6, 6.07) is 13.4. The molecule has 0 fully saturated rings. The van der Waals surface area contributed by atoms with Crippen molar-refractivity contribution in [1.82, 2.24) is 9.78 Å². The fourth-order valence-corrected chi connectivity index (χ4v) is 3.16. The summed E-state index contributed by atoms with van der Waals surface area (Å²) in [5, 5.41) is 12.1. The lowest BCUT2D eigenvalue weighted by atomic mass is 10.1. The third kappa shape index (κ3) is 4.95. The fourth-order valence-electron chi connectivity index (χ4n) is 2.40. The van der Waals surface area contributed by atoms with E-state index in [0.29, 0.717) is 21.7 Å². The highest BCUT2D eigenvalue weighted by Crippen LogP contribution is 2.22. The van der Waals surface area contributed by atoms with Crippen molar-refractivity contribution in [1.29, 1.82) is 0 Å². The van der Waals surface area contributed by atoms with Crippen molar-refractivity contribution in [2.45, 2.75) is 13.5 Å². The summed E-state index contributed by atoms with van der Waals surface area (Å²) in [7, 11) is 0. The molecule has 128 valence electrons. The van der Waals surface area contributed by atoms with E-state index in [1.165, 1.54) is 11.1 Å². The van der Waals surface area contributed by atoms with Crippen molar-refractivity contribution in [3.63, 3.8) is 0 Å². The number of nitrogens with one attached hydrogen (secondary N) is 2. The minimum atomic E-state index is 0.439. The predicted octanol–water partition coefficient (Wildman–Crippen LogP) is 5.36. The summed E-state index contributed by atoms with van der Waals surface area (Å²) in [4.78, 5) is 0. The van der Waals surface area contributed by atoms with Gasteiger partial charge in [-0.15, -0.1) is 0 Å². The molecular formula is C18H16Cl2N4S. The monoisotopic (exact) mass is 390 g/mol. The Bertz CT molecular complexity index is 887. The topological polar surface area (TPSA) is 41.9 Å². The first-order chi connectivity index (χ1) is 12.0. The van der Waals surface area contributed by atoms with Gasteiger partial charge in [-0.05, 0) is 48.5 Å². The van der Waals surface area contributed by atoms with Crippen LogP contribution in [0.4, 0.5) is 11.4 Å². The Morgan fingerprint density at radius 2 is 1.76 bits per heavy atom. The normalized spacial score (nSPS) is 10.5. The number of nitrogens with zero attached hydrogens (tertiary/aromatic N) is 2. The third-order valence-corrected chi connectivity index (χ3v) is 4.25. The predicted molar refractivity (Wildman–Crippen MR) is 109 cm³/mol. The Morgan fingerprint density at radius 1 is 1.08 bits per heavy atom. The molecule has 2 N–H and O–H groups in total. The molecule has 3 aromatic rings. The largest absolute Gasteiger partial charge is 0.332 e. The number of thiocarbonyl (C=S) groups is 1. The minimum absolute atomic E-state index is 0.439. The fraction of sp³-hybridized carbons (Fsp3) is 0.111. The first kappa shape index (κ1) is 17.7. The van der Waals surface area contributed by atoms with Crippen LogP contribution in [0.25, 0.3) is 0 Å². The van der Waals surface area contributed by atoms with Gasteiger partial charge >= 0.3 is 0 Å². The van der Waals surface area contributed by atoms with Gasteiger partial charge in [0.25, 0.3) is 0 Å². The Balaban J connectivity index is 1.63. The molecule has 0 saturated carbocycles. The average Bonchev–Trinajstić information content (AvgIpc) is 2.95. The number of aromatic nitrogens is 2. The van der Waals surface area contributed by atoms with Crippen LogP contribution >= 0.6 is 35.4 Å². The van der Waals surface area contributed by atoms with Gasteiger partial charge in [0.1, 0.15) is 0 Å². The van der Waals surface area contributed by atoms with E-state index in [0.717, 1.165) is 11.4 Å². The van der Waals surface area contributed by atoms with Gasteiger partial charge in [-0.3, -0.25) is 4.68 Å². The lowest BCUT2D eigenvalue weighted by Crippen LogP contribution is -2.18. The van der Waals surface area contributed by atoms with Crippen LogP contribution in [0.2, 0.25) is 10.0 Å². The van der Waals surface area contributed by atoms with Crippen LogP contribution in [-0.2, 0) is 6.54 Å². The number of aryl methyl sites for hydroxylation is 1. The molecule has 7 heteroatoms. The highest BCUT2D eigenvalue weighted by atomic mass is 35.5. The number of anilines is 2. The molecule has 2 aromatic carbocycles. The molecule has 0 aliphatic rings. The van der Waals surface area contributed by atoms with Gasteiger partial charge in [-0.2, -0.15) is 5.10 Å². The molecule has 25 heavy (non-hydrogen) atoms. The molecule has 1 aromatic heterocycles. The van der Waals surface area contributed by atoms with Crippen LogP contribution in [0.1, 0.15) is 11.1 Å². The molecule has 0 spiro atoms. The van der Waals surface area contributed by atoms with E-state index in [9.17, 15) is 0 Å². The number of rotatable bonds is 4. The molecule has 0 radical (unpaired) electrons. The zero-order chi connectivity index (χ0) is 17.8. The molecule has 1 heterocycles. The van der Waals surface area contributed by atoms with Crippen molar-refractivity contribution in [2.24, 2.45) is 0 Å². The van der Waals surface area contributed by atoms with Gasteiger partial charge in [-0.25, -0.2) is 0 Å². The van der Waals surface area contributed by atoms with Gasteiger partial charge in [0, 0.05) is 21.9 Å². The molecule has 0 aliphatic carbocycles. The van der Waals surface area contributed by atoms with E-state index in [1.54, 1.807) is 24.4 Å². The van der Waals surface area contributed by atoms with Crippen molar-refractivity contribution in [3.8, 4) is 0 Å². The third-order valence-electron chi connectivity index (χ3n) is 3.61. The molecule has 0 unspecified atom stereocenters. The summed E-state index contributed by atoms with van der Waals surface area (Å²) >= 11 is 17.3. The average molecular weight is 391 g/mol. The van der Waals surface area contributed by atoms with Crippen molar-refractivity contribution in [3.05, 3.63) is 76.0 Å². The van der Waals surface area contributed by atoms with E-state index in [4.69, 9.17) is 35.4 Å². The smallest absolute Gasteiger partial charge is 0.175 e. The van der Waals surface area contributed by atoms with Crippen molar-refractivity contribution >= 4 is 51.9 Å². The van der Waals surface area contributed by atoms with E-state index in [1.807, 2.05) is 23.0 Å². The maximum absolute atomic E-state index is 5.99. The van der Waals surface area contributed by atoms with Crippen LogP contribution in [-0.4, -0.2) is 14.9 Å². The number of hydrogen-bond donors (Lipinski definition) is 2. The highest BCUT2D eigenvalue weighted by Gasteiger charge is 2.05. The Morgan fingerprint density at radius 3 is 2.48 bits per heavy atom. The minimum Gasteiger partial charge on any atom is -0.332 e. The first-order valence-electron chi connectivity index (χ1n) is 7.61. The Hall–Kier alpha value is -2.08. The zero-order valence-electron chi connectivity index (χ0n) is 13.5. The maximum atomic E-state index is 5.99. The zero-order valence-corrected chi connectivity index (χ0v) is 15.8. The Kier molecular flexibility index (Phi) is 5.58. The number of benzene rings is 2. The summed E-state index contributed by atoms with van der Waals surface area (Å²) in [6.45, 7) is 2.80. The molecule has 4 nitrogen and oxygen atoms in total. The Labute approximate surface area is 161 Å². The van der Waals surface area contributed by atoms with E-state index >= 15 is 0 Å². The number of hydrogen-bond acceptors (Lipinski definition) is 2. The molecule has 3 rings (SSSR count). The van der Waals surface area contributed by atoms with Crippen LogP contribution in [0.5, 0.6) is 0 Å². The van der Waals surface area contributed by atoms with Gasteiger partial charge in [0.2, 0.25) is 0 Å². The second kappa shape index (κ2) is 7.87. The molecule has 0 aliphatic heterocycles. The first-order valence-corrected chi connectivity index (χ1v) is 8.77. The molecule has 0 bridgehead atoms. The lowest BCUT2D eigenvalue weighted by molar-refractivity contribution is 0.684. The standard InChI is InChI=1S/C18H16Cl2N4S/c1-12-4-2-3-5-13(12)10-24-11-17(9-21-24)23-18(25)22-16-7-14(19)6-15(20)8-16/h2-9,11H,10H2,1H3,(H2,22,23,25). The second-order valence-electron chi connectivity index (χ2n) is 5.59. The summed E-state index contributed by atoms with van der Waals surface area (Å²) in [5.74, 6) is 0. The SMILES string of the molecule is Cc1ccccc1Cn1cc(NC(=S)Nc2cc(Cl)cc(Cl)c2)cn1. The summed E-state index contributed by atoms with van der Waals surface area (Å²) in [5.41, 5.74) is 4.00. The van der Waals surface area contributed by atoms with Crippen LogP contribution in [0.15, 0.2) is 54.9 Å². The van der Waals surface area contributed by atoms with Crippen LogP contribution in [0.3, 0.4) is 0 Å². The second-order valence-corrected chi connectivity index (χ2v) is 6.87. The van der Waals surface area contributed by atoms with Crippen molar-refractivity contribution in [2.75, 3.05) is 10.6 Å². The highest BCUT2D eigenvalue weighted by molar-refractivity contribution is 7.80. The number of halogens is 2. The van der Waals surface area contributed by atoms with Gasteiger partial charge in [0.05, 0.1) is 18.4 Å². The van der Waals surface area contributed by atoms with Gasteiger partial charge < -0.3 is 10.6 Å². The van der Waals surface area contributed by atoms with Crippen LogP contribution in [0, 0.1) is 6.92 Å². The van der Waals surface area contributed by atoms with E-state index in [2.05, 4.69) is 34.8 Å². The lowest BCUT2D eigenvalue weighted by Gasteiger charge is -2.09. The summed E-state index contributed by atoms with van der Waals surface area (Å²) in [6.07, 6.45) is 3.64. The van der Waals surface area contributed by atoms with Gasteiger partial charge in [-0.1, -0.05) is 47.5 Å².